The maximum Gasteiger partial charge on any atom is 0.243 e. The molecule has 0 saturated carbocycles. The average molecular weight is 316 g/mol. The number of nitrogens with zero attached hydrogens (tertiary/aromatic N) is 4. The van der Waals surface area contributed by atoms with Crippen LogP contribution in [0.5, 0.6) is 5.75 Å². The summed E-state index contributed by atoms with van der Waals surface area (Å²) in [5, 5.41) is 4.00. The number of ether oxygens (including phenoxy) is 1. The molecule has 1 saturated heterocycles. The first-order valence-corrected chi connectivity index (χ1v) is 8.17. The van der Waals surface area contributed by atoms with Crippen LogP contribution in [0.1, 0.15) is 31.6 Å². The van der Waals surface area contributed by atoms with Crippen molar-refractivity contribution in [3.8, 4) is 5.75 Å². The summed E-state index contributed by atoms with van der Waals surface area (Å²) in [5.74, 6) is 2.42. The lowest BCUT2D eigenvalue weighted by Gasteiger charge is -2.38. The van der Waals surface area contributed by atoms with Crippen LogP contribution in [0, 0.1) is 0 Å². The summed E-state index contributed by atoms with van der Waals surface area (Å²) in [4.78, 5) is 9.21. The topological polar surface area (TPSA) is 54.6 Å². The Balaban J connectivity index is 1.64. The van der Waals surface area contributed by atoms with E-state index >= 15 is 0 Å². The van der Waals surface area contributed by atoms with E-state index in [4.69, 9.17) is 9.26 Å². The van der Waals surface area contributed by atoms with Gasteiger partial charge in [0.1, 0.15) is 5.75 Å². The highest BCUT2D eigenvalue weighted by molar-refractivity contribution is 5.58. The van der Waals surface area contributed by atoms with E-state index in [9.17, 15) is 0 Å². The highest BCUT2D eigenvalue weighted by atomic mass is 16.5. The molecule has 1 fully saturated rings. The van der Waals surface area contributed by atoms with Crippen LogP contribution in [0.3, 0.4) is 0 Å². The van der Waals surface area contributed by atoms with Crippen LogP contribution in [0.15, 0.2) is 28.8 Å². The molecule has 0 bridgehead atoms. The lowest BCUT2D eigenvalue weighted by Crippen LogP contribution is -2.47. The Hall–Kier alpha value is -2.08. The summed E-state index contributed by atoms with van der Waals surface area (Å²) in [6.07, 6.45) is 0.803. The normalized spacial score (nSPS) is 17.3. The van der Waals surface area contributed by atoms with E-state index in [1.54, 1.807) is 7.11 Å². The summed E-state index contributed by atoms with van der Waals surface area (Å²) in [6.45, 7) is 8.00. The molecule has 0 unspecified atom stereocenters. The average Bonchev–Trinajstić information content (AvgIpc) is 3.10. The van der Waals surface area contributed by atoms with Crippen LogP contribution in [0.25, 0.3) is 0 Å². The van der Waals surface area contributed by atoms with Gasteiger partial charge in [0, 0.05) is 32.6 Å². The predicted molar refractivity (Wildman–Crippen MR) is 88.9 cm³/mol. The van der Waals surface area contributed by atoms with Crippen LogP contribution in [0.4, 0.5) is 5.69 Å². The van der Waals surface area contributed by atoms with E-state index < -0.39 is 0 Å². The summed E-state index contributed by atoms with van der Waals surface area (Å²) in [7, 11) is 1.72. The fourth-order valence-corrected chi connectivity index (χ4v) is 2.98. The van der Waals surface area contributed by atoms with E-state index in [0.29, 0.717) is 5.89 Å². The number of methoxy groups -OCH3 is 1. The zero-order chi connectivity index (χ0) is 16.2. The molecule has 6 heteroatoms. The second kappa shape index (κ2) is 7.00. The number of piperazine rings is 1. The molecular weight excluding hydrogens is 292 g/mol. The number of anilines is 1. The largest absolute Gasteiger partial charge is 0.495 e. The van der Waals surface area contributed by atoms with Gasteiger partial charge < -0.3 is 14.2 Å². The molecule has 3 rings (SSSR count). The van der Waals surface area contributed by atoms with Gasteiger partial charge in [-0.3, -0.25) is 4.90 Å². The zero-order valence-electron chi connectivity index (χ0n) is 14.0. The molecule has 2 aromatic rings. The molecule has 0 spiro atoms. The number of para-hydroxylation sites is 2. The van der Waals surface area contributed by atoms with Crippen LogP contribution in [-0.2, 0) is 6.42 Å². The number of hydrogen-bond acceptors (Lipinski definition) is 6. The molecule has 1 aromatic heterocycles. The summed E-state index contributed by atoms with van der Waals surface area (Å²) >= 11 is 0. The molecule has 0 N–H and O–H groups in total. The van der Waals surface area contributed by atoms with Crippen LogP contribution < -0.4 is 9.64 Å². The van der Waals surface area contributed by atoms with Gasteiger partial charge in [0.2, 0.25) is 5.89 Å². The standard InChI is InChI=1S/C17H24N4O2/c1-4-16-18-17(23-19-16)13(2)20-9-11-21(12-10-20)14-7-5-6-8-15(14)22-3/h5-8,13H,4,9-12H2,1-3H3/t13-/m1/s1. The second-order valence-corrected chi connectivity index (χ2v) is 5.77. The molecule has 6 nitrogen and oxygen atoms in total. The molecule has 0 amide bonds. The fraction of sp³-hybridized carbons (Fsp3) is 0.529. The smallest absolute Gasteiger partial charge is 0.243 e. The van der Waals surface area contributed by atoms with E-state index in [2.05, 4.69) is 39.0 Å². The van der Waals surface area contributed by atoms with Crippen molar-refractivity contribution in [3.05, 3.63) is 36.0 Å². The van der Waals surface area contributed by atoms with Crippen molar-refractivity contribution in [1.29, 1.82) is 0 Å². The fourth-order valence-electron chi connectivity index (χ4n) is 2.98. The Morgan fingerprint density at radius 1 is 1.22 bits per heavy atom. The van der Waals surface area contributed by atoms with E-state index in [1.165, 1.54) is 0 Å². The maximum atomic E-state index is 5.47. The van der Waals surface area contributed by atoms with Crippen LogP contribution >= 0.6 is 0 Å². The molecule has 0 radical (unpaired) electrons. The summed E-state index contributed by atoms with van der Waals surface area (Å²) < 4.78 is 10.9. The molecular formula is C17H24N4O2. The van der Waals surface area contributed by atoms with Crippen molar-refractivity contribution < 1.29 is 9.26 Å². The van der Waals surface area contributed by atoms with Gasteiger partial charge in [0.25, 0.3) is 0 Å². The molecule has 1 atom stereocenters. The lowest BCUT2D eigenvalue weighted by molar-refractivity contribution is 0.164. The SMILES string of the molecule is CCc1noc([C@@H](C)N2CCN(c3ccccc3OC)CC2)n1. The second-order valence-electron chi connectivity index (χ2n) is 5.77. The minimum atomic E-state index is 0.155. The van der Waals surface area contributed by atoms with Gasteiger partial charge in [-0.05, 0) is 19.1 Å². The van der Waals surface area contributed by atoms with Gasteiger partial charge in [-0.2, -0.15) is 4.98 Å². The Bertz CT molecular complexity index is 635. The Morgan fingerprint density at radius 2 is 1.96 bits per heavy atom. The first kappa shape index (κ1) is 15.8. The number of hydrogen-bond donors (Lipinski definition) is 0. The lowest BCUT2D eigenvalue weighted by atomic mass is 10.2. The highest BCUT2D eigenvalue weighted by Gasteiger charge is 2.26. The van der Waals surface area contributed by atoms with Crippen LogP contribution in [0.2, 0.25) is 0 Å². The third-order valence-corrected chi connectivity index (χ3v) is 4.45. The van der Waals surface area contributed by atoms with E-state index in [1.807, 2.05) is 19.1 Å². The molecule has 1 aromatic carbocycles. The third-order valence-electron chi connectivity index (χ3n) is 4.45. The van der Waals surface area contributed by atoms with E-state index in [0.717, 1.165) is 49.9 Å². The van der Waals surface area contributed by atoms with Gasteiger partial charge >= 0.3 is 0 Å². The Kier molecular flexibility index (Phi) is 4.81. The first-order chi connectivity index (χ1) is 11.2. The minimum absolute atomic E-state index is 0.155. The van der Waals surface area contributed by atoms with Crippen molar-refractivity contribution in [3.63, 3.8) is 0 Å². The van der Waals surface area contributed by atoms with Gasteiger partial charge in [0.05, 0.1) is 18.8 Å². The number of aromatic nitrogens is 2. The summed E-state index contributed by atoms with van der Waals surface area (Å²) in [5.41, 5.74) is 1.16. The zero-order valence-corrected chi connectivity index (χ0v) is 14.0. The van der Waals surface area contributed by atoms with Gasteiger partial charge in [0.15, 0.2) is 5.82 Å². The molecule has 1 aliphatic rings. The third kappa shape index (κ3) is 3.32. The highest BCUT2D eigenvalue weighted by Crippen LogP contribution is 2.29. The van der Waals surface area contributed by atoms with Crippen LogP contribution in [-0.4, -0.2) is 48.3 Å². The quantitative estimate of drug-likeness (QED) is 0.845. The summed E-state index contributed by atoms with van der Waals surface area (Å²) in [6, 6.07) is 8.33. The van der Waals surface area contributed by atoms with Crippen molar-refractivity contribution >= 4 is 5.69 Å². The number of benzene rings is 1. The Labute approximate surface area is 137 Å². The van der Waals surface area contributed by atoms with E-state index in [-0.39, 0.29) is 6.04 Å². The van der Waals surface area contributed by atoms with Crippen molar-refractivity contribution in [2.24, 2.45) is 0 Å². The molecule has 1 aliphatic heterocycles. The van der Waals surface area contributed by atoms with Gasteiger partial charge in [-0.15, -0.1) is 0 Å². The van der Waals surface area contributed by atoms with Crippen molar-refractivity contribution in [2.45, 2.75) is 26.3 Å². The minimum Gasteiger partial charge on any atom is -0.495 e. The Morgan fingerprint density at radius 3 is 2.61 bits per heavy atom. The molecule has 0 aliphatic carbocycles. The monoisotopic (exact) mass is 316 g/mol. The molecule has 2 heterocycles. The van der Waals surface area contributed by atoms with Gasteiger partial charge in [-0.1, -0.05) is 24.2 Å². The maximum absolute atomic E-state index is 5.47. The molecule has 23 heavy (non-hydrogen) atoms. The van der Waals surface area contributed by atoms with Crippen molar-refractivity contribution in [1.82, 2.24) is 15.0 Å². The number of aryl methyl sites for hydroxylation is 1. The van der Waals surface area contributed by atoms with Crippen molar-refractivity contribution in [2.75, 3.05) is 38.2 Å². The predicted octanol–water partition coefficient (Wildman–Crippen LogP) is 2.52. The number of rotatable bonds is 5. The van der Waals surface area contributed by atoms with Gasteiger partial charge in [-0.25, -0.2) is 0 Å². The first-order valence-electron chi connectivity index (χ1n) is 8.17. The molecule has 124 valence electrons.